The Kier molecular flexibility index (Phi) is 7.41. The molecule has 0 amide bonds. The number of anilines is 2. The maximum Gasteiger partial charge on any atom is 0.490 e. The number of aliphatic hydroxyl groups excluding tert-OH is 2. The molecule has 20 nitrogen and oxygen atoms in total. The van der Waals surface area contributed by atoms with Crippen molar-refractivity contribution in [3.63, 3.8) is 0 Å². The number of hydrogen-bond acceptors (Lipinski definition) is 15. The first-order valence-corrected chi connectivity index (χ1v) is 13.5. The summed E-state index contributed by atoms with van der Waals surface area (Å²) >= 11 is 0. The number of hydrogen-bond donors (Lipinski definition) is 8. The standard InChI is InChI=1S/C12H17N6O14P3/c13-4-12(18-2-1-15-6-9(18)16-11(14)17-10(6)21)8(20)7(19)5(30-12)3-29-34(25,26)32-35(27,28)31-33(22,23)24/h1,5,7-8,19-20H,2-3H2,(H,25,26)(H,27,28)(H2,22,23,24)(H3,14,16,17,21)/t5-,7-,8-,12-/m1/s1. The molecule has 0 aromatic carbocycles. The van der Waals surface area contributed by atoms with Crippen LogP contribution in [0.2, 0.25) is 0 Å². The lowest BCUT2D eigenvalue weighted by Gasteiger charge is -2.38. The molecule has 23 heteroatoms. The second-order valence-corrected chi connectivity index (χ2v) is 11.3. The Morgan fingerprint density at radius 1 is 1.26 bits per heavy atom. The van der Waals surface area contributed by atoms with E-state index >= 15 is 0 Å². The van der Waals surface area contributed by atoms with Gasteiger partial charge in [0, 0.05) is 6.21 Å². The van der Waals surface area contributed by atoms with Crippen LogP contribution in [-0.4, -0.2) is 83.2 Å². The van der Waals surface area contributed by atoms with Gasteiger partial charge in [0.05, 0.1) is 13.2 Å². The smallest absolute Gasteiger partial charge is 0.387 e. The van der Waals surface area contributed by atoms with Crippen molar-refractivity contribution in [3.05, 3.63) is 10.4 Å². The molecule has 0 saturated carbocycles. The van der Waals surface area contributed by atoms with E-state index in [9.17, 15) is 43.8 Å². The molecule has 1 aromatic rings. The molecule has 3 rings (SSSR count). The largest absolute Gasteiger partial charge is 0.490 e. The summed E-state index contributed by atoms with van der Waals surface area (Å²) in [7, 11) is -17.0. The summed E-state index contributed by atoms with van der Waals surface area (Å²) in [6, 6.07) is 1.63. The van der Waals surface area contributed by atoms with Crippen molar-refractivity contribution in [2.75, 3.05) is 23.8 Å². The van der Waals surface area contributed by atoms with Crippen molar-refractivity contribution in [1.29, 1.82) is 5.26 Å². The molecule has 2 aliphatic heterocycles. The zero-order chi connectivity index (χ0) is 26.4. The molecule has 2 unspecified atom stereocenters. The molecule has 1 fully saturated rings. The van der Waals surface area contributed by atoms with Crippen LogP contribution in [0.4, 0.5) is 17.5 Å². The Morgan fingerprint density at radius 3 is 2.51 bits per heavy atom. The fourth-order valence-electron chi connectivity index (χ4n) is 3.15. The fourth-order valence-corrected chi connectivity index (χ4v) is 6.18. The van der Waals surface area contributed by atoms with Crippen molar-refractivity contribution in [1.82, 2.24) is 9.97 Å². The maximum atomic E-state index is 12.1. The number of nitrogens with two attached hydrogens (primary N) is 1. The summed E-state index contributed by atoms with van der Waals surface area (Å²) in [4.78, 5) is 58.8. The summed E-state index contributed by atoms with van der Waals surface area (Å²) in [6.45, 7) is -1.44. The summed E-state index contributed by atoms with van der Waals surface area (Å²) in [5.41, 5.74) is 1.97. The molecule has 35 heavy (non-hydrogen) atoms. The predicted molar refractivity (Wildman–Crippen MR) is 110 cm³/mol. The van der Waals surface area contributed by atoms with Crippen LogP contribution in [0.15, 0.2) is 9.79 Å². The van der Waals surface area contributed by atoms with E-state index in [-0.39, 0.29) is 24.0 Å². The number of rotatable bonds is 8. The Bertz CT molecular complexity index is 1270. The molecular formula is C12H17N6O14P3. The van der Waals surface area contributed by atoms with E-state index in [2.05, 4.69) is 28.1 Å². The van der Waals surface area contributed by atoms with E-state index in [1.54, 1.807) is 6.07 Å². The molecule has 2 aliphatic rings. The number of nitrogens with one attached hydrogen (secondary N) is 1. The molecule has 1 aromatic heterocycles. The number of ether oxygens (including phenoxy) is 1. The highest BCUT2D eigenvalue weighted by Gasteiger charge is 2.60. The van der Waals surface area contributed by atoms with Gasteiger partial charge in [-0.1, -0.05) is 0 Å². The van der Waals surface area contributed by atoms with Gasteiger partial charge < -0.3 is 45.2 Å². The first-order chi connectivity index (χ1) is 16.0. The van der Waals surface area contributed by atoms with Gasteiger partial charge in [-0.3, -0.25) is 14.3 Å². The summed E-state index contributed by atoms with van der Waals surface area (Å²) in [5, 5.41) is 30.8. The molecule has 3 heterocycles. The van der Waals surface area contributed by atoms with E-state index in [4.69, 9.17) is 20.3 Å². The van der Waals surface area contributed by atoms with E-state index in [0.717, 1.165) is 11.1 Å². The highest BCUT2D eigenvalue weighted by atomic mass is 31.3. The molecule has 1 saturated heterocycles. The quantitative estimate of drug-likeness (QED) is 0.152. The van der Waals surface area contributed by atoms with Gasteiger partial charge in [0.15, 0.2) is 11.5 Å². The fraction of sp³-hybridized carbons (Fsp3) is 0.500. The van der Waals surface area contributed by atoms with Gasteiger partial charge in [-0.05, 0) is 0 Å². The van der Waals surface area contributed by atoms with Crippen LogP contribution in [0.25, 0.3) is 0 Å². The Labute approximate surface area is 193 Å². The zero-order valence-corrected chi connectivity index (χ0v) is 19.6. The minimum absolute atomic E-state index is 0.275. The van der Waals surface area contributed by atoms with Crippen molar-refractivity contribution in [3.8, 4) is 6.07 Å². The lowest BCUT2D eigenvalue weighted by molar-refractivity contribution is -0.0565. The normalized spacial score (nSPS) is 29.7. The van der Waals surface area contributed by atoms with Gasteiger partial charge in [-0.15, -0.1) is 0 Å². The SMILES string of the molecule is N#C[C@@]1(N2CC=Nc3c2nc(N)[nH]c3=O)O[C@H](COP(=O)(O)OP(=O)(O)OP(=O)(O)O)[C@@H](O)[C@H]1O. The van der Waals surface area contributed by atoms with Crippen molar-refractivity contribution >= 4 is 47.1 Å². The van der Waals surface area contributed by atoms with Gasteiger partial charge in [0.25, 0.3) is 11.3 Å². The molecule has 0 radical (unpaired) electrons. The third kappa shape index (κ3) is 5.85. The third-order valence-electron chi connectivity index (χ3n) is 4.45. The van der Waals surface area contributed by atoms with Crippen molar-refractivity contribution in [2.24, 2.45) is 4.99 Å². The van der Waals surface area contributed by atoms with Crippen LogP contribution in [-0.2, 0) is 31.6 Å². The van der Waals surface area contributed by atoms with E-state index in [1.807, 2.05) is 0 Å². The van der Waals surface area contributed by atoms with Crippen LogP contribution in [0, 0.1) is 11.3 Å². The predicted octanol–water partition coefficient (Wildman–Crippen LogP) is -2.44. The van der Waals surface area contributed by atoms with Gasteiger partial charge in [-0.2, -0.15) is 18.9 Å². The number of nitrogen functional groups attached to an aromatic ring is 1. The molecule has 0 spiro atoms. The second kappa shape index (κ2) is 9.42. The monoisotopic (exact) mass is 562 g/mol. The van der Waals surface area contributed by atoms with Crippen molar-refractivity contribution < 1.29 is 61.4 Å². The van der Waals surface area contributed by atoms with Gasteiger partial charge >= 0.3 is 23.5 Å². The number of aliphatic imine (C=N–C) groups is 1. The van der Waals surface area contributed by atoms with Crippen LogP contribution in [0.5, 0.6) is 0 Å². The topological polar surface area (TPSA) is 321 Å². The number of phosphoric acid groups is 3. The molecule has 0 aliphatic carbocycles. The third-order valence-corrected chi connectivity index (χ3v) is 8.25. The Balaban J connectivity index is 1.82. The van der Waals surface area contributed by atoms with E-state index < -0.39 is 59.7 Å². The number of phosphoric ester groups is 1. The van der Waals surface area contributed by atoms with E-state index in [1.165, 1.54) is 0 Å². The summed E-state index contributed by atoms with van der Waals surface area (Å²) in [5.74, 6) is -0.670. The van der Waals surface area contributed by atoms with Crippen molar-refractivity contribution in [2.45, 2.75) is 24.0 Å². The van der Waals surface area contributed by atoms with Gasteiger partial charge in [-0.25, -0.2) is 18.7 Å². The Hall–Kier alpha value is -2.07. The summed E-state index contributed by atoms with van der Waals surface area (Å²) < 4.78 is 50.9. The first-order valence-electron chi connectivity index (χ1n) is 8.94. The average molecular weight is 562 g/mol. The zero-order valence-electron chi connectivity index (χ0n) is 16.9. The number of aromatic nitrogens is 2. The maximum absolute atomic E-state index is 12.1. The average Bonchev–Trinajstić information content (AvgIpc) is 2.94. The number of fused-ring (bicyclic) bond motifs is 1. The number of nitriles is 1. The highest BCUT2D eigenvalue weighted by Crippen LogP contribution is 2.66. The van der Waals surface area contributed by atoms with Crippen LogP contribution in [0.1, 0.15) is 0 Å². The van der Waals surface area contributed by atoms with E-state index in [0.29, 0.717) is 0 Å². The number of aliphatic hydroxyl groups is 2. The van der Waals surface area contributed by atoms with Gasteiger partial charge in [0.1, 0.15) is 24.4 Å². The number of nitrogens with zero attached hydrogens (tertiary/aromatic N) is 4. The Morgan fingerprint density at radius 2 is 1.91 bits per heavy atom. The van der Waals surface area contributed by atoms with Crippen LogP contribution < -0.4 is 16.2 Å². The molecular weight excluding hydrogens is 545 g/mol. The summed E-state index contributed by atoms with van der Waals surface area (Å²) in [6.07, 6.45) is -4.65. The van der Waals surface area contributed by atoms with Gasteiger partial charge in [0.2, 0.25) is 5.95 Å². The lowest BCUT2D eigenvalue weighted by atomic mass is 10.0. The molecule has 6 atom stereocenters. The molecule has 194 valence electrons. The molecule has 0 bridgehead atoms. The van der Waals surface area contributed by atoms with Crippen LogP contribution in [0.3, 0.4) is 0 Å². The second-order valence-electron chi connectivity index (χ2n) is 6.83. The lowest BCUT2D eigenvalue weighted by Crippen LogP contribution is -2.58. The number of H-pyrrole nitrogens is 1. The first kappa shape index (κ1) is 27.5. The molecule has 9 N–H and O–H groups in total. The minimum atomic E-state index is -5.81. The number of aromatic amines is 1. The minimum Gasteiger partial charge on any atom is -0.387 e. The highest BCUT2D eigenvalue weighted by molar-refractivity contribution is 7.66. The van der Waals surface area contributed by atoms with Crippen LogP contribution >= 0.6 is 23.5 Å².